The number of likely N-dealkylation sites (tertiary alicyclic amines) is 2. The number of nitrogens with two attached hydrogens (primary N) is 1. The van der Waals surface area contributed by atoms with E-state index in [1.54, 1.807) is 6.20 Å². The van der Waals surface area contributed by atoms with Gasteiger partial charge in [0.2, 0.25) is 0 Å². The summed E-state index contributed by atoms with van der Waals surface area (Å²) in [5.41, 5.74) is 7.56. The fraction of sp³-hybridized carbons (Fsp3) is 0.350. The highest BCUT2D eigenvalue weighted by atomic mass is 32.1. The average Bonchev–Trinajstić information content (AvgIpc) is 3.40. The zero-order valence-corrected chi connectivity index (χ0v) is 16.1. The largest absolute Gasteiger partial charge is 0.431 e. The number of piperazine rings is 1. The van der Waals surface area contributed by atoms with Crippen molar-refractivity contribution in [1.29, 1.82) is 0 Å². The molecule has 2 aliphatic rings. The lowest BCUT2D eigenvalue weighted by Gasteiger charge is -2.33. The first kappa shape index (κ1) is 17.4. The van der Waals surface area contributed by atoms with Gasteiger partial charge in [0.1, 0.15) is 16.1 Å². The van der Waals surface area contributed by atoms with Gasteiger partial charge in [0, 0.05) is 37.9 Å². The number of carbonyl (C=O) groups excluding carboxylic acids is 1. The van der Waals surface area contributed by atoms with E-state index in [0.29, 0.717) is 17.3 Å². The molecule has 4 heterocycles. The van der Waals surface area contributed by atoms with Crippen LogP contribution in [0.15, 0.2) is 42.6 Å². The van der Waals surface area contributed by atoms with Crippen LogP contribution >= 0.6 is 11.3 Å². The predicted molar refractivity (Wildman–Crippen MR) is 108 cm³/mol. The van der Waals surface area contributed by atoms with Gasteiger partial charge in [0.15, 0.2) is 0 Å². The molecule has 28 heavy (non-hydrogen) atoms. The standard InChI is InChI=1S/C20H21N5O2S/c21-19(26)25-12-14-10-15(25)11-24(14)9-7-13-3-5-16(6-4-13)27-20-23-17-2-1-8-22-18(17)28-20/h1-6,8,14-15H,7,9-12H2,(H2,21,26). The van der Waals surface area contributed by atoms with E-state index in [0.717, 1.165) is 48.6 Å². The van der Waals surface area contributed by atoms with Gasteiger partial charge >= 0.3 is 6.03 Å². The van der Waals surface area contributed by atoms with Gasteiger partial charge in [-0.25, -0.2) is 14.8 Å². The number of rotatable bonds is 5. The summed E-state index contributed by atoms with van der Waals surface area (Å²) in [7, 11) is 0. The van der Waals surface area contributed by atoms with Crippen molar-refractivity contribution in [3.05, 3.63) is 48.2 Å². The third kappa shape index (κ3) is 3.29. The van der Waals surface area contributed by atoms with Gasteiger partial charge in [-0.2, -0.15) is 0 Å². The van der Waals surface area contributed by atoms with E-state index in [-0.39, 0.29) is 6.03 Å². The van der Waals surface area contributed by atoms with Crippen molar-refractivity contribution < 1.29 is 9.53 Å². The van der Waals surface area contributed by atoms with E-state index in [1.165, 1.54) is 16.9 Å². The van der Waals surface area contributed by atoms with Crippen LogP contribution in [0.3, 0.4) is 0 Å². The SMILES string of the molecule is NC(=O)N1CC2CC1CN2CCc1ccc(Oc2nc3cccnc3s2)cc1. The average molecular weight is 395 g/mol. The number of hydrogen-bond donors (Lipinski definition) is 1. The lowest BCUT2D eigenvalue weighted by atomic mass is 10.1. The molecular formula is C20H21N5O2S. The van der Waals surface area contributed by atoms with Gasteiger partial charge in [-0.05, 0) is 42.7 Å². The Balaban J connectivity index is 1.17. The molecule has 8 heteroatoms. The number of ether oxygens (including phenoxy) is 1. The number of thiazole rings is 1. The van der Waals surface area contributed by atoms with Gasteiger partial charge < -0.3 is 15.4 Å². The fourth-order valence-electron chi connectivity index (χ4n) is 4.18. The van der Waals surface area contributed by atoms with Crippen molar-refractivity contribution in [2.75, 3.05) is 19.6 Å². The van der Waals surface area contributed by atoms with Crippen molar-refractivity contribution >= 4 is 27.7 Å². The maximum atomic E-state index is 11.4. The zero-order valence-electron chi connectivity index (χ0n) is 15.3. The van der Waals surface area contributed by atoms with E-state index in [9.17, 15) is 4.79 Å². The van der Waals surface area contributed by atoms with E-state index in [2.05, 4.69) is 27.0 Å². The number of amides is 2. The number of primary amides is 1. The fourth-order valence-corrected chi connectivity index (χ4v) is 4.96. The minimum atomic E-state index is -0.286. The van der Waals surface area contributed by atoms with Gasteiger partial charge in [0.25, 0.3) is 5.19 Å². The molecule has 2 aromatic heterocycles. The molecule has 0 saturated carbocycles. The van der Waals surface area contributed by atoms with Crippen molar-refractivity contribution in [2.24, 2.45) is 5.73 Å². The first-order valence-corrected chi connectivity index (χ1v) is 10.3. The normalized spacial score (nSPS) is 21.5. The number of nitrogens with zero attached hydrogens (tertiary/aromatic N) is 4. The molecule has 2 unspecified atom stereocenters. The Morgan fingerprint density at radius 2 is 2.07 bits per heavy atom. The van der Waals surface area contributed by atoms with E-state index in [1.807, 2.05) is 29.2 Å². The summed E-state index contributed by atoms with van der Waals surface area (Å²) < 4.78 is 5.88. The summed E-state index contributed by atoms with van der Waals surface area (Å²) in [4.78, 5) is 25.3. The number of hydrogen-bond acceptors (Lipinski definition) is 6. The molecule has 5 rings (SSSR count). The van der Waals surface area contributed by atoms with Crippen molar-refractivity contribution in [2.45, 2.75) is 24.9 Å². The monoisotopic (exact) mass is 395 g/mol. The number of carbonyl (C=O) groups is 1. The summed E-state index contributed by atoms with van der Waals surface area (Å²) >= 11 is 1.44. The van der Waals surface area contributed by atoms with Gasteiger partial charge in [-0.3, -0.25) is 4.90 Å². The quantitative estimate of drug-likeness (QED) is 0.718. The minimum absolute atomic E-state index is 0.286. The summed E-state index contributed by atoms with van der Waals surface area (Å²) in [6.45, 7) is 2.70. The van der Waals surface area contributed by atoms with Crippen LogP contribution in [0, 0.1) is 0 Å². The van der Waals surface area contributed by atoms with Crippen molar-refractivity contribution in [3.63, 3.8) is 0 Å². The molecule has 1 aromatic carbocycles. The van der Waals surface area contributed by atoms with Crippen LogP contribution < -0.4 is 10.5 Å². The number of pyridine rings is 1. The molecule has 7 nitrogen and oxygen atoms in total. The lowest BCUT2D eigenvalue weighted by Crippen LogP contribution is -2.50. The Labute approximate surface area is 166 Å². The second kappa shape index (κ2) is 7.03. The molecule has 3 aromatic rings. The van der Waals surface area contributed by atoms with Crippen molar-refractivity contribution in [3.8, 4) is 10.9 Å². The summed E-state index contributed by atoms with van der Waals surface area (Å²) in [5, 5.41) is 0.605. The Morgan fingerprint density at radius 3 is 2.79 bits per heavy atom. The molecule has 2 saturated heterocycles. The molecule has 2 amide bonds. The van der Waals surface area contributed by atoms with E-state index < -0.39 is 0 Å². The Morgan fingerprint density at radius 1 is 1.21 bits per heavy atom. The van der Waals surface area contributed by atoms with Crippen LogP contribution in [0.25, 0.3) is 10.3 Å². The highest BCUT2D eigenvalue weighted by Crippen LogP contribution is 2.31. The first-order valence-electron chi connectivity index (χ1n) is 9.44. The maximum absolute atomic E-state index is 11.4. The van der Waals surface area contributed by atoms with E-state index in [4.69, 9.17) is 10.5 Å². The molecule has 144 valence electrons. The van der Waals surface area contributed by atoms with Crippen LogP contribution in [-0.4, -0.2) is 57.5 Å². The third-order valence-corrected chi connectivity index (χ3v) is 6.46. The third-order valence-electron chi connectivity index (χ3n) is 5.60. The molecule has 2 atom stereocenters. The summed E-state index contributed by atoms with van der Waals surface area (Å²) in [6, 6.07) is 12.4. The molecule has 0 spiro atoms. The second-order valence-corrected chi connectivity index (χ2v) is 8.27. The first-order chi connectivity index (χ1) is 13.7. The van der Waals surface area contributed by atoms with Gasteiger partial charge in [0.05, 0.1) is 0 Å². The van der Waals surface area contributed by atoms with Gasteiger partial charge in [-0.1, -0.05) is 23.5 Å². The Kier molecular flexibility index (Phi) is 4.37. The van der Waals surface area contributed by atoms with E-state index >= 15 is 0 Å². The smallest absolute Gasteiger partial charge is 0.315 e. The zero-order chi connectivity index (χ0) is 19.1. The highest BCUT2D eigenvalue weighted by Gasteiger charge is 2.44. The topological polar surface area (TPSA) is 84.6 Å². The summed E-state index contributed by atoms with van der Waals surface area (Å²) in [6.07, 6.45) is 3.79. The highest BCUT2D eigenvalue weighted by molar-refractivity contribution is 7.19. The molecule has 0 radical (unpaired) electrons. The minimum Gasteiger partial charge on any atom is -0.431 e. The lowest BCUT2D eigenvalue weighted by molar-refractivity contribution is 0.142. The number of fused-ring (bicyclic) bond motifs is 3. The predicted octanol–water partition coefficient (Wildman–Crippen LogP) is 2.86. The number of aromatic nitrogens is 2. The van der Waals surface area contributed by atoms with Crippen LogP contribution in [0.4, 0.5) is 4.79 Å². The molecule has 2 fully saturated rings. The molecule has 0 aliphatic carbocycles. The molecule has 2 N–H and O–H groups in total. The molecular weight excluding hydrogens is 374 g/mol. The number of urea groups is 1. The van der Waals surface area contributed by atoms with Crippen LogP contribution in [0.5, 0.6) is 10.9 Å². The Bertz CT molecular complexity index is 972. The Hall–Kier alpha value is -2.71. The van der Waals surface area contributed by atoms with Crippen LogP contribution in [0.1, 0.15) is 12.0 Å². The van der Waals surface area contributed by atoms with Gasteiger partial charge in [-0.15, -0.1) is 0 Å². The molecule has 2 aliphatic heterocycles. The van der Waals surface area contributed by atoms with Crippen LogP contribution in [-0.2, 0) is 6.42 Å². The number of benzene rings is 1. The maximum Gasteiger partial charge on any atom is 0.315 e. The summed E-state index contributed by atoms with van der Waals surface area (Å²) in [5.74, 6) is 0.778. The second-order valence-electron chi connectivity index (χ2n) is 7.33. The van der Waals surface area contributed by atoms with Crippen molar-refractivity contribution in [1.82, 2.24) is 19.8 Å². The molecule has 2 bridgehead atoms. The van der Waals surface area contributed by atoms with Crippen LogP contribution in [0.2, 0.25) is 0 Å².